The van der Waals surface area contributed by atoms with Gasteiger partial charge in [0.05, 0.1) is 27.8 Å². The number of nitrogens with one attached hydrogen (secondary N) is 1. The summed E-state index contributed by atoms with van der Waals surface area (Å²) in [6.45, 7) is 19.6. The van der Waals surface area contributed by atoms with Crippen LogP contribution in [0.4, 0.5) is 28.4 Å². The summed E-state index contributed by atoms with van der Waals surface area (Å²) in [4.78, 5) is 2.41. The van der Waals surface area contributed by atoms with Crippen LogP contribution in [-0.4, -0.2) is 16.4 Å². The largest absolute Gasteiger partial charge is 0.355 e. The minimum atomic E-state index is 0.0598. The molecule has 0 bridgehead atoms. The van der Waals surface area contributed by atoms with Crippen molar-refractivity contribution in [1.29, 1.82) is 0 Å². The summed E-state index contributed by atoms with van der Waals surface area (Å²) in [5.74, 6) is 0. The molecule has 3 aliphatic rings. The van der Waals surface area contributed by atoms with E-state index < -0.39 is 0 Å². The van der Waals surface area contributed by atoms with Gasteiger partial charge in [-0.25, -0.2) is 0 Å². The third-order valence-electron chi connectivity index (χ3n) is 18.2. The Morgan fingerprint density at radius 1 is 0.413 bits per heavy atom. The Morgan fingerprint density at radius 2 is 0.920 bits per heavy atom. The predicted molar refractivity (Wildman–Crippen MR) is 322 cm³/mol. The first-order valence-electron chi connectivity index (χ1n) is 27.4. The molecule has 2 aliphatic carbocycles. The van der Waals surface area contributed by atoms with Crippen LogP contribution in [-0.2, 0) is 21.7 Å². The molecule has 2 aromatic heterocycles. The van der Waals surface area contributed by atoms with Crippen LogP contribution in [0.3, 0.4) is 0 Å². The van der Waals surface area contributed by atoms with Gasteiger partial charge < -0.3 is 19.4 Å². The van der Waals surface area contributed by atoms with E-state index in [0.29, 0.717) is 0 Å². The van der Waals surface area contributed by atoms with Gasteiger partial charge in [-0.15, -0.1) is 0 Å². The zero-order valence-corrected chi connectivity index (χ0v) is 44.8. The second kappa shape index (κ2) is 16.4. The Balaban J connectivity index is 1.12. The maximum absolute atomic E-state index is 4.15. The second-order valence-corrected chi connectivity index (χ2v) is 24.7. The van der Waals surface area contributed by atoms with Crippen molar-refractivity contribution in [2.24, 2.45) is 0 Å². The van der Waals surface area contributed by atoms with Crippen molar-refractivity contribution in [2.75, 3.05) is 10.2 Å². The van der Waals surface area contributed by atoms with E-state index in [4.69, 9.17) is 0 Å². The molecular formula is C70H65BN4. The van der Waals surface area contributed by atoms with Gasteiger partial charge in [0.2, 0.25) is 0 Å². The highest BCUT2D eigenvalue weighted by Crippen LogP contribution is 2.51. The van der Waals surface area contributed by atoms with Crippen molar-refractivity contribution in [3.05, 3.63) is 210 Å². The average molecular weight is 973 g/mol. The number of para-hydroxylation sites is 5. The van der Waals surface area contributed by atoms with Crippen LogP contribution < -0.4 is 21.1 Å². The molecule has 5 heteroatoms. The van der Waals surface area contributed by atoms with E-state index in [0.717, 1.165) is 42.1 Å². The molecule has 75 heavy (non-hydrogen) atoms. The van der Waals surface area contributed by atoms with Crippen LogP contribution in [0.5, 0.6) is 0 Å². The van der Waals surface area contributed by atoms with Gasteiger partial charge in [-0.05, 0) is 166 Å². The lowest BCUT2D eigenvalue weighted by molar-refractivity contribution is 0.332. The summed E-state index contributed by atoms with van der Waals surface area (Å²) >= 11 is 0. The number of anilines is 5. The van der Waals surface area contributed by atoms with Gasteiger partial charge in [-0.2, -0.15) is 0 Å². The van der Waals surface area contributed by atoms with Gasteiger partial charge >= 0.3 is 0 Å². The second-order valence-electron chi connectivity index (χ2n) is 24.7. The topological polar surface area (TPSA) is 25.1 Å². The van der Waals surface area contributed by atoms with Crippen LogP contribution in [0.15, 0.2) is 188 Å². The van der Waals surface area contributed by atoms with Crippen molar-refractivity contribution in [2.45, 2.75) is 103 Å². The van der Waals surface area contributed by atoms with E-state index in [-0.39, 0.29) is 21.7 Å². The number of hydrogen-bond acceptors (Lipinski definition) is 2. The maximum atomic E-state index is 4.15. The molecule has 0 saturated carbocycles. The summed E-state index contributed by atoms with van der Waals surface area (Å²) in [5.41, 5.74) is 24.3. The first-order chi connectivity index (χ1) is 36.2. The fourth-order valence-corrected chi connectivity index (χ4v) is 13.9. The minimum Gasteiger partial charge on any atom is -0.355 e. The van der Waals surface area contributed by atoms with Crippen LogP contribution in [0, 0.1) is 0 Å². The highest BCUT2D eigenvalue weighted by Gasteiger charge is 2.40. The molecule has 0 radical (unpaired) electrons. The zero-order chi connectivity index (χ0) is 51.2. The quantitative estimate of drug-likeness (QED) is 0.161. The molecule has 1 aliphatic heterocycles. The molecule has 9 aromatic carbocycles. The lowest BCUT2D eigenvalue weighted by Gasteiger charge is -2.43. The van der Waals surface area contributed by atoms with Crippen molar-refractivity contribution in [3.8, 4) is 22.5 Å². The summed E-state index contributed by atoms with van der Waals surface area (Å²) in [6.07, 6.45) is 4.68. The van der Waals surface area contributed by atoms with Crippen molar-refractivity contribution in [3.63, 3.8) is 0 Å². The fraction of sp³-hybridized carbons (Fsp3) is 0.229. The van der Waals surface area contributed by atoms with Crippen molar-refractivity contribution >= 4 is 90.3 Å². The third-order valence-corrected chi connectivity index (χ3v) is 18.2. The summed E-state index contributed by atoms with van der Waals surface area (Å²) < 4.78 is 5.24. The SMILES string of the molecule is CC1(C)CCC(C)(C)c2cc(Nc3ccc(N(c4ccccc4)c4ccccc4)cc3-c3cc(-n4c5ccccc5c5ccccc54)c4c5ccccc5n5c4c3Bc3cc4c(cc3-5)C(C)(C)CCC4(C)C)ccc21. The molecular weight excluding hydrogens is 908 g/mol. The van der Waals surface area contributed by atoms with Gasteiger partial charge in [0.1, 0.15) is 0 Å². The smallest absolute Gasteiger partial charge is 0.198 e. The molecule has 0 atom stereocenters. The predicted octanol–water partition coefficient (Wildman–Crippen LogP) is 17.2. The molecule has 0 spiro atoms. The van der Waals surface area contributed by atoms with Gasteiger partial charge in [-0.3, -0.25) is 0 Å². The zero-order valence-electron chi connectivity index (χ0n) is 44.8. The lowest BCUT2D eigenvalue weighted by atomic mass is 9.55. The van der Waals surface area contributed by atoms with Gasteiger partial charge in [-0.1, -0.05) is 164 Å². The Labute approximate surface area is 442 Å². The lowest BCUT2D eigenvalue weighted by Crippen LogP contribution is -2.41. The Hall–Kier alpha value is -7.76. The van der Waals surface area contributed by atoms with E-state index in [1.165, 1.54) is 119 Å². The Morgan fingerprint density at radius 3 is 1.52 bits per heavy atom. The molecule has 0 saturated heterocycles. The molecule has 0 fully saturated rings. The molecule has 11 aromatic rings. The number of fused-ring (bicyclic) bond motifs is 10. The van der Waals surface area contributed by atoms with Crippen LogP contribution in [0.1, 0.15) is 103 Å². The fourth-order valence-electron chi connectivity index (χ4n) is 13.9. The molecule has 0 amide bonds. The normalized spacial score (nSPS) is 16.6. The number of hydrogen-bond donors (Lipinski definition) is 1. The average Bonchev–Trinajstić information content (AvgIpc) is 4.16. The standard InChI is InChI=1S/C70H65BN4/c1-67(2)35-36-68(3,4)54-39-44(31-33-53(54)67)72-58-34-32-47(73(45-21-11-9-12-22-45)46-23-13-10-14-24-46)40-51(58)52-41-63(74-59-28-18-15-25-48(59)49-26-16-19-29-60(49)74)64-50-27-17-20-30-61(50)75-62-43-56-55(42-57(62)71-65(52)66(64)75)69(5,6)37-38-70(56,7)8/h9-34,39-43,71-72H,35-38H2,1-8H3. The number of nitrogens with zero attached hydrogens (tertiary/aromatic N) is 3. The number of benzene rings is 9. The minimum absolute atomic E-state index is 0.0598. The third kappa shape index (κ3) is 7.03. The summed E-state index contributed by atoms with van der Waals surface area (Å²) in [6, 6.07) is 71.1. The van der Waals surface area contributed by atoms with Crippen molar-refractivity contribution < 1.29 is 0 Å². The van der Waals surface area contributed by atoms with Gasteiger partial charge in [0.15, 0.2) is 7.28 Å². The molecule has 0 unspecified atom stereocenters. The Bertz CT molecular complexity index is 4040. The van der Waals surface area contributed by atoms with E-state index in [1.807, 2.05) is 0 Å². The maximum Gasteiger partial charge on any atom is 0.198 e. The summed E-state index contributed by atoms with van der Waals surface area (Å²) in [7, 11) is 0.807. The first-order valence-corrected chi connectivity index (χ1v) is 27.4. The van der Waals surface area contributed by atoms with Gasteiger partial charge in [0.25, 0.3) is 0 Å². The van der Waals surface area contributed by atoms with Crippen LogP contribution >= 0.6 is 0 Å². The molecule has 14 rings (SSSR count). The first kappa shape index (κ1) is 45.8. The van der Waals surface area contributed by atoms with E-state index in [2.05, 4.69) is 263 Å². The van der Waals surface area contributed by atoms with E-state index in [9.17, 15) is 0 Å². The monoisotopic (exact) mass is 973 g/mol. The highest BCUT2D eigenvalue weighted by molar-refractivity contribution is 6.73. The Kier molecular flexibility index (Phi) is 10.0. The van der Waals surface area contributed by atoms with Crippen LogP contribution in [0.2, 0.25) is 0 Å². The van der Waals surface area contributed by atoms with E-state index in [1.54, 1.807) is 0 Å². The molecule has 368 valence electrons. The number of rotatable bonds is 7. The van der Waals surface area contributed by atoms with Crippen molar-refractivity contribution in [1.82, 2.24) is 9.13 Å². The van der Waals surface area contributed by atoms with Crippen LogP contribution in [0.25, 0.3) is 66.1 Å². The molecule has 3 heterocycles. The molecule has 1 N–H and O–H groups in total. The summed E-state index contributed by atoms with van der Waals surface area (Å²) in [5, 5.41) is 9.23. The number of aromatic nitrogens is 2. The van der Waals surface area contributed by atoms with Gasteiger partial charge in [0, 0.05) is 61.2 Å². The highest BCUT2D eigenvalue weighted by atomic mass is 15.1. The van der Waals surface area contributed by atoms with E-state index >= 15 is 0 Å². The molecule has 4 nitrogen and oxygen atoms in total.